The summed E-state index contributed by atoms with van der Waals surface area (Å²) in [6.07, 6.45) is 4.02. The van der Waals surface area contributed by atoms with Gasteiger partial charge in [-0.25, -0.2) is 9.97 Å². The molecule has 3 aromatic rings. The summed E-state index contributed by atoms with van der Waals surface area (Å²) in [5.41, 5.74) is 4.34. The van der Waals surface area contributed by atoms with E-state index in [1.165, 1.54) is 0 Å². The van der Waals surface area contributed by atoms with Crippen LogP contribution in [0.3, 0.4) is 0 Å². The number of rotatable bonds is 6. The topological polar surface area (TPSA) is 79.8 Å². The number of nitrogens with one attached hydrogen (secondary N) is 2. The molecule has 1 atom stereocenters. The zero-order valence-electron chi connectivity index (χ0n) is 16.9. The van der Waals surface area contributed by atoms with Gasteiger partial charge < -0.3 is 10.6 Å². The van der Waals surface area contributed by atoms with Crippen molar-refractivity contribution in [3.63, 3.8) is 0 Å². The third-order valence-electron chi connectivity index (χ3n) is 5.22. The highest BCUT2D eigenvalue weighted by molar-refractivity contribution is 5.95. The molecule has 0 aliphatic heterocycles. The number of aryl methyl sites for hydroxylation is 2. The molecular weight excluding hydrogens is 362 g/mol. The largest absolute Gasteiger partial charge is 0.373 e. The van der Waals surface area contributed by atoms with Crippen molar-refractivity contribution in [2.45, 2.75) is 32.7 Å². The molecule has 0 radical (unpaired) electrons. The number of carbonyl (C=O) groups excluding carboxylic acids is 1. The van der Waals surface area contributed by atoms with Crippen LogP contribution >= 0.6 is 0 Å². The number of hydrogen-bond donors (Lipinski definition) is 2. The number of hydrogen-bond acceptors (Lipinski definition) is 5. The summed E-state index contributed by atoms with van der Waals surface area (Å²) in [4.78, 5) is 26.6. The van der Waals surface area contributed by atoms with Crippen molar-refractivity contribution >= 4 is 11.7 Å². The van der Waals surface area contributed by atoms with Gasteiger partial charge in [0.1, 0.15) is 5.82 Å². The number of pyridine rings is 1. The molecule has 1 aromatic carbocycles. The average Bonchev–Trinajstić information content (AvgIpc) is 3.57. The quantitative estimate of drug-likeness (QED) is 0.666. The lowest BCUT2D eigenvalue weighted by molar-refractivity contribution is 0.0930. The summed E-state index contributed by atoms with van der Waals surface area (Å²) in [5, 5.41) is 6.26. The summed E-state index contributed by atoms with van der Waals surface area (Å²) in [6.45, 7) is 3.97. The molecule has 29 heavy (non-hydrogen) atoms. The first kappa shape index (κ1) is 19.1. The SMILES string of the molecule is CNc1cc(C)nc(-c2cccc(C(=O)N[C@@H](c3ncccc3C)C3CC3)c2)n1. The number of anilines is 1. The molecule has 0 bridgehead atoms. The molecular formula is C23H25N5O. The molecule has 1 aliphatic rings. The van der Waals surface area contributed by atoms with Crippen LogP contribution in [0.25, 0.3) is 11.4 Å². The fourth-order valence-electron chi connectivity index (χ4n) is 3.51. The van der Waals surface area contributed by atoms with E-state index >= 15 is 0 Å². The van der Waals surface area contributed by atoms with Crippen molar-refractivity contribution in [1.82, 2.24) is 20.3 Å². The molecule has 0 saturated heterocycles. The van der Waals surface area contributed by atoms with E-state index in [0.717, 1.165) is 41.2 Å². The molecule has 2 heterocycles. The molecule has 0 unspecified atom stereocenters. The van der Waals surface area contributed by atoms with Gasteiger partial charge in [-0.2, -0.15) is 0 Å². The van der Waals surface area contributed by atoms with Gasteiger partial charge in [0, 0.05) is 36.1 Å². The monoisotopic (exact) mass is 387 g/mol. The number of carbonyl (C=O) groups is 1. The Hall–Kier alpha value is -3.28. The lowest BCUT2D eigenvalue weighted by atomic mass is 10.0. The van der Waals surface area contributed by atoms with E-state index in [0.29, 0.717) is 17.3 Å². The lowest BCUT2D eigenvalue weighted by Crippen LogP contribution is -2.31. The smallest absolute Gasteiger partial charge is 0.251 e. The molecule has 6 nitrogen and oxygen atoms in total. The van der Waals surface area contributed by atoms with Crippen LogP contribution in [0.5, 0.6) is 0 Å². The molecule has 6 heteroatoms. The standard InChI is InChI=1S/C23H25N5O/c1-14-6-5-11-25-20(14)21(16-9-10-16)28-23(29)18-8-4-7-17(13-18)22-26-15(2)12-19(24-3)27-22/h4-8,11-13,16,21H,9-10H2,1-3H3,(H,28,29)(H,24,26,27)/t21-/m1/s1. The van der Waals surface area contributed by atoms with E-state index in [1.54, 1.807) is 6.20 Å². The van der Waals surface area contributed by atoms with Crippen molar-refractivity contribution in [3.05, 3.63) is 71.2 Å². The number of nitrogens with zero attached hydrogens (tertiary/aromatic N) is 3. The first-order valence-corrected chi connectivity index (χ1v) is 9.91. The maximum atomic E-state index is 13.1. The van der Waals surface area contributed by atoms with E-state index in [4.69, 9.17) is 0 Å². The van der Waals surface area contributed by atoms with Crippen LogP contribution in [-0.2, 0) is 0 Å². The molecule has 1 aliphatic carbocycles. The van der Waals surface area contributed by atoms with Crippen molar-refractivity contribution in [1.29, 1.82) is 0 Å². The molecule has 1 saturated carbocycles. The van der Waals surface area contributed by atoms with Crippen molar-refractivity contribution in [2.24, 2.45) is 5.92 Å². The minimum atomic E-state index is -0.102. The highest BCUT2D eigenvalue weighted by atomic mass is 16.1. The molecule has 1 fully saturated rings. The fourth-order valence-corrected chi connectivity index (χ4v) is 3.51. The minimum absolute atomic E-state index is 0.0570. The second-order valence-corrected chi connectivity index (χ2v) is 7.54. The van der Waals surface area contributed by atoms with Gasteiger partial charge in [-0.3, -0.25) is 9.78 Å². The number of aromatic nitrogens is 3. The van der Waals surface area contributed by atoms with Crippen LogP contribution in [0.15, 0.2) is 48.7 Å². The Morgan fingerprint density at radius 1 is 1.10 bits per heavy atom. The van der Waals surface area contributed by atoms with Crippen LogP contribution in [0.1, 0.15) is 46.2 Å². The van der Waals surface area contributed by atoms with Gasteiger partial charge in [0.05, 0.1) is 11.7 Å². The second-order valence-electron chi connectivity index (χ2n) is 7.54. The maximum absolute atomic E-state index is 13.1. The van der Waals surface area contributed by atoms with E-state index < -0.39 is 0 Å². The molecule has 2 aromatic heterocycles. The zero-order valence-corrected chi connectivity index (χ0v) is 16.9. The second kappa shape index (κ2) is 7.99. The highest BCUT2D eigenvalue weighted by Gasteiger charge is 2.35. The first-order chi connectivity index (χ1) is 14.0. The van der Waals surface area contributed by atoms with Gasteiger partial charge in [0.25, 0.3) is 5.91 Å². The van der Waals surface area contributed by atoms with Gasteiger partial charge in [-0.05, 0) is 56.4 Å². The van der Waals surface area contributed by atoms with Crippen LogP contribution in [0, 0.1) is 19.8 Å². The predicted molar refractivity (Wildman–Crippen MR) is 114 cm³/mol. The van der Waals surface area contributed by atoms with Crippen LogP contribution < -0.4 is 10.6 Å². The van der Waals surface area contributed by atoms with Gasteiger partial charge in [0.2, 0.25) is 0 Å². The summed E-state index contributed by atoms with van der Waals surface area (Å²) in [7, 11) is 1.83. The summed E-state index contributed by atoms with van der Waals surface area (Å²) in [6, 6.07) is 13.3. The van der Waals surface area contributed by atoms with Crippen LogP contribution in [-0.4, -0.2) is 27.9 Å². The van der Waals surface area contributed by atoms with Crippen molar-refractivity contribution < 1.29 is 4.79 Å². The Labute approximate surface area is 170 Å². The fraction of sp³-hybridized carbons (Fsp3) is 0.304. The number of benzene rings is 1. The Morgan fingerprint density at radius 3 is 2.66 bits per heavy atom. The maximum Gasteiger partial charge on any atom is 0.251 e. The van der Waals surface area contributed by atoms with Gasteiger partial charge in [0.15, 0.2) is 5.82 Å². The zero-order chi connectivity index (χ0) is 20.4. The molecule has 1 amide bonds. The Morgan fingerprint density at radius 2 is 1.93 bits per heavy atom. The molecule has 148 valence electrons. The van der Waals surface area contributed by atoms with Crippen molar-refractivity contribution in [3.8, 4) is 11.4 Å². The minimum Gasteiger partial charge on any atom is -0.373 e. The highest BCUT2D eigenvalue weighted by Crippen LogP contribution is 2.41. The van der Waals surface area contributed by atoms with E-state index in [2.05, 4.69) is 25.6 Å². The Balaban J connectivity index is 1.60. The number of amides is 1. The summed E-state index contributed by atoms with van der Waals surface area (Å²) >= 11 is 0. The lowest BCUT2D eigenvalue weighted by Gasteiger charge is -2.20. The van der Waals surface area contributed by atoms with E-state index in [1.807, 2.05) is 63.4 Å². The summed E-state index contributed by atoms with van der Waals surface area (Å²) < 4.78 is 0. The molecule has 4 rings (SSSR count). The van der Waals surface area contributed by atoms with Crippen molar-refractivity contribution in [2.75, 3.05) is 12.4 Å². The summed E-state index contributed by atoms with van der Waals surface area (Å²) in [5.74, 6) is 1.70. The molecule has 0 spiro atoms. The van der Waals surface area contributed by atoms with Crippen LogP contribution in [0.4, 0.5) is 5.82 Å². The first-order valence-electron chi connectivity index (χ1n) is 9.91. The Bertz CT molecular complexity index is 1040. The molecule has 2 N–H and O–H groups in total. The average molecular weight is 387 g/mol. The van der Waals surface area contributed by atoms with Gasteiger partial charge >= 0.3 is 0 Å². The van der Waals surface area contributed by atoms with Crippen LogP contribution in [0.2, 0.25) is 0 Å². The third kappa shape index (κ3) is 4.26. The Kier molecular flexibility index (Phi) is 5.25. The predicted octanol–water partition coefficient (Wildman–Crippen LogP) is 4.08. The van der Waals surface area contributed by atoms with Gasteiger partial charge in [-0.15, -0.1) is 0 Å². The van der Waals surface area contributed by atoms with Gasteiger partial charge in [-0.1, -0.05) is 18.2 Å². The normalized spacial score (nSPS) is 14.3. The third-order valence-corrected chi connectivity index (χ3v) is 5.22. The van der Waals surface area contributed by atoms with E-state index in [-0.39, 0.29) is 11.9 Å². The van der Waals surface area contributed by atoms with E-state index in [9.17, 15) is 4.79 Å².